The molecule has 4 rings (SSSR count). The highest BCUT2D eigenvalue weighted by Gasteiger charge is 2.39. The summed E-state index contributed by atoms with van der Waals surface area (Å²) < 4.78 is 44.4. The molecule has 1 saturated heterocycles. The molecule has 0 bridgehead atoms. The number of halogens is 1. The lowest BCUT2D eigenvalue weighted by Crippen LogP contribution is -2.48. The molecule has 1 fully saturated rings. The highest BCUT2D eigenvalue weighted by molar-refractivity contribution is 7.88. The fourth-order valence-electron chi connectivity index (χ4n) is 2.70. The van der Waals surface area contributed by atoms with Crippen molar-refractivity contribution < 1.29 is 17.3 Å². The zero-order valence-electron chi connectivity index (χ0n) is 13.6. The first-order valence-electron chi connectivity index (χ1n) is 7.98. The van der Waals surface area contributed by atoms with Gasteiger partial charge in [-0.15, -0.1) is 0 Å². The van der Waals surface area contributed by atoms with E-state index in [9.17, 15) is 12.8 Å². The van der Waals surface area contributed by atoms with E-state index in [2.05, 4.69) is 15.1 Å². The summed E-state index contributed by atoms with van der Waals surface area (Å²) in [6.45, 7) is 0.570. The second-order valence-electron chi connectivity index (χ2n) is 6.07. The van der Waals surface area contributed by atoms with Gasteiger partial charge in [0.25, 0.3) is 0 Å². The van der Waals surface area contributed by atoms with Crippen LogP contribution in [0.4, 0.5) is 4.39 Å². The lowest BCUT2D eigenvalue weighted by atomic mass is 10.0. The zero-order valence-corrected chi connectivity index (χ0v) is 14.4. The summed E-state index contributed by atoms with van der Waals surface area (Å²) in [5, 5.41) is 3.90. The van der Waals surface area contributed by atoms with Crippen LogP contribution in [0.1, 0.15) is 17.4 Å². The van der Waals surface area contributed by atoms with Gasteiger partial charge < -0.3 is 4.52 Å². The Balaban J connectivity index is 1.40. The largest absolute Gasteiger partial charge is 0.339 e. The molecule has 134 valence electrons. The van der Waals surface area contributed by atoms with Crippen molar-refractivity contribution >= 4 is 10.0 Å². The third kappa shape index (κ3) is 3.35. The van der Waals surface area contributed by atoms with E-state index < -0.39 is 15.8 Å². The summed E-state index contributed by atoms with van der Waals surface area (Å²) in [7, 11) is -3.47. The molecule has 1 aliphatic heterocycles. The number of sulfonamides is 1. The molecule has 26 heavy (non-hydrogen) atoms. The van der Waals surface area contributed by atoms with Crippen LogP contribution >= 0.6 is 0 Å². The van der Waals surface area contributed by atoms with Crippen molar-refractivity contribution in [1.82, 2.24) is 19.4 Å². The number of pyridine rings is 1. The van der Waals surface area contributed by atoms with Crippen molar-refractivity contribution in [3.8, 4) is 11.5 Å². The van der Waals surface area contributed by atoms with Gasteiger partial charge in [0.15, 0.2) is 0 Å². The van der Waals surface area contributed by atoms with E-state index >= 15 is 0 Å². The van der Waals surface area contributed by atoms with Crippen molar-refractivity contribution in [2.45, 2.75) is 11.7 Å². The minimum Gasteiger partial charge on any atom is -0.339 e. The monoisotopic (exact) mass is 374 g/mol. The molecule has 3 heterocycles. The van der Waals surface area contributed by atoms with Crippen molar-refractivity contribution in [2.24, 2.45) is 0 Å². The van der Waals surface area contributed by atoms with Crippen LogP contribution in [-0.2, 0) is 15.8 Å². The van der Waals surface area contributed by atoms with Crippen LogP contribution in [0, 0.1) is 5.82 Å². The Bertz CT molecular complexity index is 1000. The van der Waals surface area contributed by atoms with Crippen LogP contribution in [-0.4, -0.2) is 40.9 Å². The van der Waals surface area contributed by atoms with Crippen LogP contribution < -0.4 is 0 Å². The standard InChI is InChI=1S/C17H15FN4O3S/c18-14-6-4-12(5-7-14)11-26(23,24)22-9-13(10-22)17-20-16(21-25-17)15-3-1-2-8-19-15/h1-8,13H,9-11H2. The number of benzene rings is 1. The molecule has 0 unspecified atom stereocenters. The van der Waals surface area contributed by atoms with Crippen molar-refractivity contribution in [2.75, 3.05) is 13.1 Å². The van der Waals surface area contributed by atoms with E-state index in [0.717, 1.165) is 0 Å². The molecule has 3 aromatic rings. The predicted molar refractivity (Wildman–Crippen MR) is 90.9 cm³/mol. The summed E-state index contributed by atoms with van der Waals surface area (Å²) in [4.78, 5) is 8.46. The Morgan fingerprint density at radius 2 is 1.92 bits per heavy atom. The molecule has 1 aliphatic rings. The first-order chi connectivity index (χ1) is 12.5. The lowest BCUT2D eigenvalue weighted by molar-refractivity contribution is 0.216. The Morgan fingerprint density at radius 1 is 1.15 bits per heavy atom. The molecule has 7 nitrogen and oxygen atoms in total. The number of aromatic nitrogens is 3. The molecule has 2 aromatic heterocycles. The number of hydrogen-bond donors (Lipinski definition) is 0. The fourth-order valence-corrected chi connectivity index (χ4v) is 4.31. The quantitative estimate of drug-likeness (QED) is 0.680. The van der Waals surface area contributed by atoms with Crippen LogP contribution in [0.5, 0.6) is 0 Å². The molecule has 0 spiro atoms. The van der Waals surface area contributed by atoms with E-state index in [-0.39, 0.29) is 24.8 Å². The van der Waals surface area contributed by atoms with Crippen molar-refractivity contribution in [1.29, 1.82) is 0 Å². The van der Waals surface area contributed by atoms with Gasteiger partial charge in [0.05, 0.1) is 11.7 Å². The SMILES string of the molecule is O=S(=O)(Cc1ccc(F)cc1)N1CC(c2nc(-c3ccccn3)no2)C1. The van der Waals surface area contributed by atoms with Crippen LogP contribution in [0.25, 0.3) is 11.5 Å². The summed E-state index contributed by atoms with van der Waals surface area (Å²) in [6, 6.07) is 10.8. The van der Waals surface area contributed by atoms with Gasteiger partial charge in [0.1, 0.15) is 11.5 Å². The first kappa shape index (κ1) is 16.8. The van der Waals surface area contributed by atoms with Gasteiger partial charge in [-0.25, -0.2) is 12.8 Å². The van der Waals surface area contributed by atoms with Gasteiger partial charge in [-0.05, 0) is 29.8 Å². The Morgan fingerprint density at radius 3 is 2.62 bits per heavy atom. The topological polar surface area (TPSA) is 89.2 Å². The smallest absolute Gasteiger partial charge is 0.232 e. The van der Waals surface area contributed by atoms with E-state index in [0.29, 0.717) is 23.0 Å². The normalized spacial score (nSPS) is 15.7. The van der Waals surface area contributed by atoms with Gasteiger partial charge in [-0.1, -0.05) is 23.4 Å². The second kappa shape index (κ2) is 6.58. The van der Waals surface area contributed by atoms with Gasteiger partial charge >= 0.3 is 0 Å². The molecule has 0 N–H and O–H groups in total. The fraction of sp³-hybridized carbons (Fsp3) is 0.235. The van der Waals surface area contributed by atoms with Crippen molar-refractivity contribution in [3.05, 3.63) is 65.9 Å². The summed E-state index contributed by atoms with van der Waals surface area (Å²) in [6.07, 6.45) is 1.64. The molecule has 9 heteroatoms. The third-order valence-electron chi connectivity index (χ3n) is 4.19. The van der Waals surface area contributed by atoms with Crippen LogP contribution in [0.2, 0.25) is 0 Å². The molecular formula is C17H15FN4O3S. The number of rotatable bonds is 5. The van der Waals surface area contributed by atoms with E-state index in [1.807, 2.05) is 6.07 Å². The summed E-state index contributed by atoms with van der Waals surface area (Å²) in [5.74, 6) is 0.0913. The Labute approximate surface area is 149 Å². The minimum atomic E-state index is -3.47. The average molecular weight is 374 g/mol. The maximum Gasteiger partial charge on any atom is 0.232 e. The van der Waals surface area contributed by atoms with Gasteiger partial charge in [-0.2, -0.15) is 9.29 Å². The van der Waals surface area contributed by atoms with Gasteiger partial charge in [0, 0.05) is 19.3 Å². The lowest BCUT2D eigenvalue weighted by Gasteiger charge is -2.35. The Hall–Kier alpha value is -2.65. The Kier molecular flexibility index (Phi) is 4.25. The van der Waals surface area contributed by atoms with Gasteiger partial charge in [-0.3, -0.25) is 4.98 Å². The molecule has 0 aliphatic carbocycles. The van der Waals surface area contributed by atoms with Crippen molar-refractivity contribution in [3.63, 3.8) is 0 Å². The molecule has 0 amide bonds. The minimum absolute atomic E-state index is 0.136. The molecule has 0 radical (unpaired) electrons. The highest BCUT2D eigenvalue weighted by Crippen LogP contribution is 2.30. The maximum atomic E-state index is 12.9. The zero-order chi connectivity index (χ0) is 18.1. The van der Waals surface area contributed by atoms with Crippen LogP contribution in [0.3, 0.4) is 0 Å². The van der Waals surface area contributed by atoms with E-state index in [1.165, 1.54) is 28.6 Å². The van der Waals surface area contributed by atoms with E-state index in [4.69, 9.17) is 4.52 Å². The second-order valence-corrected chi connectivity index (χ2v) is 8.04. The molecule has 1 aromatic carbocycles. The molecule has 0 atom stereocenters. The molecule has 0 saturated carbocycles. The number of nitrogens with zero attached hydrogens (tertiary/aromatic N) is 4. The predicted octanol–water partition coefficient (Wildman–Crippen LogP) is 2.20. The molecular weight excluding hydrogens is 359 g/mol. The summed E-state index contributed by atoms with van der Waals surface area (Å²) in [5.41, 5.74) is 1.15. The van der Waals surface area contributed by atoms with Crippen LogP contribution in [0.15, 0.2) is 53.2 Å². The highest BCUT2D eigenvalue weighted by atomic mass is 32.2. The third-order valence-corrected chi connectivity index (χ3v) is 5.97. The maximum absolute atomic E-state index is 12.9. The first-order valence-corrected chi connectivity index (χ1v) is 9.59. The number of hydrogen-bond acceptors (Lipinski definition) is 6. The van der Waals surface area contributed by atoms with Gasteiger partial charge in [0.2, 0.25) is 21.7 Å². The average Bonchev–Trinajstić information content (AvgIpc) is 3.05. The van der Waals surface area contributed by atoms with E-state index in [1.54, 1.807) is 18.3 Å². The summed E-state index contributed by atoms with van der Waals surface area (Å²) >= 11 is 0.